The molecule has 0 bridgehead atoms. The second-order valence-electron chi connectivity index (χ2n) is 7.21. The highest BCUT2D eigenvalue weighted by atomic mass is 16.5. The minimum atomic E-state index is -0.594. The molecule has 1 aliphatic rings. The van der Waals surface area contributed by atoms with Crippen molar-refractivity contribution in [2.75, 3.05) is 7.11 Å². The van der Waals surface area contributed by atoms with Gasteiger partial charge in [-0.3, -0.25) is 9.48 Å². The largest absolute Gasteiger partial charge is 0.467 e. The number of hydrogen-bond donors (Lipinski definition) is 1. The lowest BCUT2D eigenvalue weighted by atomic mass is 9.85. The topological polar surface area (TPSA) is 73.2 Å². The van der Waals surface area contributed by atoms with Gasteiger partial charge in [-0.2, -0.15) is 5.10 Å². The molecule has 1 aliphatic carbocycles. The van der Waals surface area contributed by atoms with E-state index in [1.54, 1.807) is 4.68 Å². The molecule has 1 fully saturated rings. The van der Waals surface area contributed by atoms with Crippen molar-refractivity contribution in [1.82, 2.24) is 15.1 Å². The molecule has 1 saturated carbocycles. The Labute approximate surface area is 150 Å². The lowest BCUT2D eigenvalue weighted by Gasteiger charge is -2.25. The number of aromatic nitrogens is 2. The molecule has 0 spiro atoms. The summed E-state index contributed by atoms with van der Waals surface area (Å²) in [5.74, 6) is 0.0940. The Morgan fingerprint density at radius 2 is 2.00 bits per heavy atom. The summed E-state index contributed by atoms with van der Waals surface area (Å²) in [6.07, 6.45) is 6.55. The molecule has 6 heteroatoms. The van der Waals surface area contributed by atoms with Crippen LogP contribution in [0.2, 0.25) is 0 Å². The van der Waals surface area contributed by atoms with Crippen molar-refractivity contribution >= 4 is 11.9 Å². The third kappa shape index (κ3) is 5.06. The summed E-state index contributed by atoms with van der Waals surface area (Å²) in [4.78, 5) is 24.9. The number of rotatable bonds is 7. The molecule has 1 heterocycles. The predicted octanol–water partition coefficient (Wildman–Crippen LogP) is 3.27. The summed E-state index contributed by atoms with van der Waals surface area (Å²) in [6.45, 7) is 6.66. The number of amides is 1. The minimum Gasteiger partial charge on any atom is -0.467 e. The van der Waals surface area contributed by atoms with E-state index in [0.717, 1.165) is 18.5 Å². The molecule has 6 nitrogen and oxygen atoms in total. The fourth-order valence-electron chi connectivity index (χ4n) is 3.49. The van der Waals surface area contributed by atoms with Crippen molar-refractivity contribution in [2.24, 2.45) is 5.92 Å². The van der Waals surface area contributed by atoms with Crippen LogP contribution in [0.1, 0.15) is 81.4 Å². The first-order valence-electron chi connectivity index (χ1n) is 9.42. The van der Waals surface area contributed by atoms with E-state index < -0.39 is 6.04 Å². The van der Waals surface area contributed by atoms with E-state index in [2.05, 4.69) is 10.4 Å². The van der Waals surface area contributed by atoms with Crippen LogP contribution in [0.15, 0.2) is 6.07 Å². The quantitative estimate of drug-likeness (QED) is 0.767. The minimum absolute atomic E-state index is 0.248. The first-order valence-corrected chi connectivity index (χ1v) is 9.42. The van der Waals surface area contributed by atoms with Crippen LogP contribution in [0.25, 0.3) is 0 Å². The number of aryl methyl sites for hydroxylation is 1. The van der Waals surface area contributed by atoms with Crippen molar-refractivity contribution in [3.05, 3.63) is 17.5 Å². The van der Waals surface area contributed by atoms with Gasteiger partial charge in [-0.15, -0.1) is 0 Å². The van der Waals surface area contributed by atoms with Crippen LogP contribution in [-0.2, 0) is 16.1 Å². The predicted molar refractivity (Wildman–Crippen MR) is 96.5 cm³/mol. The van der Waals surface area contributed by atoms with Gasteiger partial charge in [-0.05, 0) is 31.2 Å². The van der Waals surface area contributed by atoms with Crippen LogP contribution >= 0.6 is 0 Å². The van der Waals surface area contributed by atoms with E-state index in [1.807, 2.05) is 26.8 Å². The Balaban J connectivity index is 2.11. The summed E-state index contributed by atoms with van der Waals surface area (Å²) >= 11 is 0. The van der Waals surface area contributed by atoms with Crippen molar-refractivity contribution in [3.8, 4) is 0 Å². The molecule has 0 saturated heterocycles. The first-order chi connectivity index (χ1) is 12.0. The van der Waals surface area contributed by atoms with Gasteiger partial charge in [0.25, 0.3) is 5.91 Å². The van der Waals surface area contributed by atoms with E-state index >= 15 is 0 Å². The van der Waals surface area contributed by atoms with Gasteiger partial charge < -0.3 is 10.1 Å². The molecule has 140 valence electrons. The average Bonchev–Trinajstić information content (AvgIpc) is 3.06. The first kappa shape index (κ1) is 19.5. The molecule has 0 aromatic carbocycles. The van der Waals surface area contributed by atoms with E-state index in [-0.39, 0.29) is 17.8 Å². The Morgan fingerprint density at radius 3 is 2.56 bits per heavy atom. The van der Waals surface area contributed by atoms with Gasteiger partial charge >= 0.3 is 5.97 Å². The zero-order chi connectivity index (χ0) is 18.4. The van der Waals surface area contributed by atoms with Gasteiger partial charge in [0.15, 0.2) is 0 Å². The van der Waals surface area contributed by atoms with E-state index in [1.165, 1.54) is 26.4 Å². The normalized spacial score (nSPS) is 16.7. The fraction of sp³-hybridized carbons (Fsp3) is 0.737. The van der Waals surface area contributed by atoms with E-state index in [0.29, 0.717) is 24.6 Å². The maximum Gasteiger partial charge on any atom is 0.328 e. The zero-order valence-corrected chi connectivity index (χ0v) is 15.9. The standard InChI is InChI=1S/C19H31N3O3/c1-5-22-17(12-15(21-22)13(2)3)18(23)20-16(19(24)25-4)11-14-9-7-6-8-10-14/h12-14,16H,5-11H2,1-4H3,(H,20,23). The fourth-order valence-corrected chi connectivity index (χ4v) is 3.49. The molecule has 2 rings (SSSR count). The summed E-state index contributed by atoms with van der Waals surface area (Å²) < 4.78 is 6.61. The SMILES string of the molecule is CCn1nc(C(C)C)cc1C(=O)NC(CC1CCCCC1)C(=O)OC. The molecule has 1 atom stereocenters. The monoisotopic (exact) mass is 349 g/mol. The number of methoxy groups -OCH3 is 1. The van der Waals surface area contributed by atoms with Crippen LogP contribution in [0.5, 0.6) is 0 Å². The molecule has 1 aromatic rings. The summed E-state index contributed by atoms with van der Waals surface area (Å²) in [5.41, 5.74) is 1.39. The Hall–Kier alpha value is -1.85. The molecule has 1 amide bonds. The number of hydrogen-bond acceptors (Lipinski definition) is 4. The second kappa shape index (κ2) is 9.02. The molecule has 25 heavy (non-hydrogen) atoms. The van der Waals surface area contributed by atoms with Crippen molar-refractivity contribution < 1.29 is 14.3 Å². The second-order valence-corrected chi connectivity index (χ2v) is 7.21. The lowest BCUT2D eigenvalue weighted by molar-refractivity contribution is -0.143. The molecule has 0 radical (unpaired) electrons. The van der Waals surface area contributed by atoms with Crippen LogP contribution in [0.4, 0.5) is 0 Å². The number of ether oxygens (including phenoxy) is 1. The summed E-state index contributed by atoms with van der Waals surface area (Å²) in [7, 11) is 1.37. The maximum absolute atomic E-state index is 12.8. The van der Waals surface area contributed by atoms with Gasteiger partial charge in [0.05, 0.1) is 12.8 Å². The molecular formula is C19H31N3O3. The highest BCUT2D eigenvalue weighted by Crippen LogP contribution is 2.27. The van der Waals surface area contributed by atoms with Crippen molar-refractivity contribution in [1.29, 1.82) is 0 Å². The number of esters is 1. The van der Waals surface area contributed by atoms with E-state index in [9.17, 15) is 9.59 Å². The van der Waals surface area contributed by atoms with Crippen LogP contribution in [-0.4, -0.2) is 34.8 Å². The number of carbonyl (C=O) groups is 2. The number of carbonyl (C=O) groups excluding carboxylic acids is 2. The zero-order valence-electron chi connectivity index (χ0n) is 15.9. The van der Waals surface area contributed by atoms with Gasteiger partial charge in [0.2, 0.25) is 0 Å². The molecular weight excluding hydrogens is 318 g/mol. The smallest absolute Gasteiger partial charge is 0.328 e. The molecule has 0 aliphatic heterocycles. The lowest BCUT2D eigenvalue weighted by Crippen LogP contribution is -2.43. The third-order valence-electron chi connectivity index (χ3n) is 5.01. The summed E-state index contributed by atoms with van der Waals surface area (Å²) in [5, 5.41) is 7.36. The van der Waals surface area contributed by atoms with Crippen molar-refractivity contribution in [3.63, 3.8) is 0 Å². The van der Waals surface area contributed by atoms with Crippen molar-refractivity contribution in [2.45, 2.75) is 77.8 Å². The Morgan fingerprint density at radius 1 is 1.32 bits per heavy atom. The van der Waals surface area contributed by atoms with Gasteiger partial charge in [-0.25, -0.2) is 4.79 Å². The molecule has 1 aromatic heterocycles. The molecule has 1 N–H and O–H groups in total. The highest BCUT2D eigenvalue weighted by molar-refractivity contribution is 5.95. The molecule has 1 unspecified atom stereocenters. The average molecular weight is 349 g/mol. The van der Waals surface area contributed by atoms with Crippen LogP contribution in [0.3, 0.4) is 0 Å². The number of nitrogens with zero attached hydrogens (tertiary/aromatic N) is 2. The van der Waals surface area contributed by atoms with Crippen LogP contribution < -0.4 is 5.32 Å². The Kier molecular flexibility index (Phi) is 7.02. The van der Waals surface area contributed by atoms with Gasteiger partial charge in [0, 0.05) is 6.54 Å². The van der Waals surface area contributed by atoms with E-state index in [4.69, 9.17) is 4.74 Å². The maximum atomic E-state index is 12.8. The number of nitrogens with one attached hydrogen (secondary N) is 1. The van der Waals surface area contributed by atoms with Gasteiger partial charge in [-0.1, -0.05) is 46.0 Å². The Bertz CT molecular complexity index is 589. The highest BCUT2D eigenvalue weighted by Gasteiger charge is 2.28. The summed E-state index contributed by atoms with van der Waals surface area (Å²) in [6, 6.07) is 1.22. The van der Waals surface area contributed by atoms with Gasteiger partial charge in [0.1, 0.15) is 11.7 Å². The third-order valence-corrected chi connectivity index (χ3v) is 5.01. The van der Waals surface area contributed by atoms with Crippen LogP contribution in [0, 0.1) is 5.92 Å².